The van der Waals surface area contributed by atoms with Crippen molar-refractivity contribution in [1.82, 2.24) is 11.0 Å². The van der Waals surface area contributed by atoms with Crippen molar-refractivity contribution < 1.29 is 20.0 Å². The van der Waals surface area contributed by atoms with Crippen LogP contribution in [0.1, 0.15) is 13.8 Å². The van der Waals surface area contributed by atoms with Gasteiger partial charge in [-0.2, -0.15) is 0 Å². The van der Waals surface area contributed by atoms with E-state index in [9.17, 15) is 9.59 Å². The zero-order chi connectivity index (χ0) is 25.9. The molecule has 0 unspecified atom stereocenters. The molecule has 0 aromatic rings. The van der Waals surface area contributed by atoms with E-state index >= 15 is 0 Å². The van der Waals surface area contributed by atoms with E-state index < -0.39 is 11.8 Å². The number of hydrogen-bond acceptors (Lipinski definition) is 4. The molecule has 0 saturated heterocycles. The third-order valence-corrected chi connectivity index (χ3v) is 1.98. The number of hydroxylamine groups is 2. The lowest BCUT2D eigenvalue weighted by Gasteiger charge is -1.79. The van der Waals surface area contributed by atoms with E-state index in [0.717, 1.165) is 11.1 Å². The van der Waals surface area contributed by atoms with Gasteiger partial charge in [-0.1, -0.05) is 25.0 Å². The highest BCUT2D eigenvalue weighted by atomic mass is 16.5. The number of nitrogens with one attached hydrogen (secondary N) is 2. The SMILES string of the molecule is C=C(C)C#CC#CC#CC#CC#CC(=O)NO.C=C(C)C#CC#CC#CC#CC#CC(=O)NO. The minimum Gasteiger partial charge on any atom is -0.288 e. The second kappa shape index (κ2) is 23.2. The lowest BCUT2D eigenvalue weighted by molar-refractivity contribution is -0.123. The number of allylic oxidation sites excluding steroid dienone is 2. The third-order valence-electron chi connectivity index (χ3n) is 1.98. The summed E-state index contributed by atoms with van der Waals surface area (Å²) in [6, 6.07) is 0. The summed E-state index contributed by atoms with van der Waals surface area (Å²) in [7, 11) is 0. The van der Waals surface area contributed by atoms with E-state index in [-0.39, 0.29) is 0 Å². The molecule has 0 radical (unpaired) electrons. The molecular formula is C28H14N2O4. The van der Waals surface area contributed by atoms with Crippen molar-refractivity contribution in [2.45, 2.75) is 13.8 Å². The van der Waals surface area contributed by atoms with Gasteiger partial charge in [-0.15, -0.1) is 0 Å². The summed E-state index contributed by atoms with van der Waals surface area (Å²) in [4.78, 5) is 20.8. The molecule has 0 fully saturated rings. The maximum atomic E-state index is 10.4. The Bertz CT molecular complexity index is 1340. The smallest absolute Gasteiger partial charge is 0.288 e. The molecule has 0 spiro atoms. The molecule has 34 heavy (non-hydrogen) atoms. The highest BCUT2D eigenvalue weighted by molar-refractivity contribution is 5.93. The fourth-order valence-electron chi connectivity index (χ4n) is 0.883. The van der Waals surface area contributed by atoms with Gasteiger partial charge in [-0.05, 0) is 120 Å². The normalized spacial score (nSPS) is 5.53. The predicted molar refractivity (Wildman–Crippen MR) is 127 cm³/mol. The fraction of sp³-hybridized carbons (Fsp3) is 0.0714. The van der Waals surface area contributed by atoms with Crippen molar-refractivity contribution >= 4 is 11.8 Å². The molecule has 0 rings (SSSR count). The van der Waals surface area contributed by atoms with Crippen LogP contribution in [0.4, 0.5) is 0 Å². The van der Waals surface area contributed by atoms with Crippen molar-refractivity contribution in [3.63, 3.8) is 0 Å². The minimum absolute atomic E-state index is 0.726. The highest BCUT2D eigenvalue weighted by Crippen LogP contribution is 1.78. The van der Waals surface area contributed by atoms with E-state index in [2.05, 4.69) is 120 Å². The van der Waals surface area contributed by atoms with E-state index in [1.54, 1.807) is 13.8 Å². The largest absolute Gasteiger partial charge is 0.320 e. The van der Waals surface area contributed by atoms with Crippen molar-refractivity contribution in [3.05, 3.63) is 24.3 Å². The predicted octanol–water partition coefficient (Wildman–Crippen LogP) is 0.170. The van der Waals surface area contributed by atoms with Gasteiger partial charge in [0.2, 0.25) is 0 Å². The molecule has 0 atom stereocenters. The first-order valence-corrected chi connectivity index (χ1v) is 8.56. The van der Waals surface area contributed by atoms with Crippen LogP contribution >= 0.6 is 0 Å². The zero-order valence-electron chi connectivity index (χ0n) is 18.1. The zero-order valence-corrected chi connectivity index (χ0v) is 18.1. The molecule has 0 aromatic carbocycles. The number of carbonyl (C=O) groups excluding carboxylic acids is 2. The van der Waals surface area contributed by atoms with E-state index in [1.807, 2.05) is 11.8 Å². The lowest BCUT2D eigenvalue weighted by atomic mass is 10.3. The molecule has 0 saturated carbocycles. The topological polar surface area (TPSA) is 98.7 Å². The van der Waals surface area contributed by atoms with Gasteiger partial charge in [0.15, 0.2) is 0 Å². The molecule has 6 nitrogen and oxygen atoms in total. The van der Waals surface area contributed by atoms with Crippen LogP contribution in [0.5, 0.6) is 0 Å². The van der Waals surface area contributed by atoms with E-state index in [1.165, 1.54) is 11.0 Å². The summed E-state index contributed by atoms with van der Waals surface area (Å²) >= 11 is 0. The Morgan fingerprint density at radius 3 is 0.882 bits per heavy atom. The summed E-state index contributed by atoms with van der Waals surface area (Å²) in [5.41, 5.74) is 4.13. The lowest BCUT2D eigenvalue weighted by Crippen LogP contribution is -2.15. The molecule has 160 valence electrons. The number of amides is 2. The van der Waals surface area contributed by atoms with Gasteiger partial charge in [0.25, 0.3) is 0 Å². The van der Waals surface area contributed by atoms with Gasteiger partial charge < -0.3 is 0 Å². The summed E-state index contributed by atoms with van der Waals surface area (Å²) in [6.45, 7) is 10.7. The van der Waals surface area contributed by atoms with Gasteiger partial charge in [-0.25, -0.2) is 11.0 Å². The number of rotatable bonds is 0. The van der Waals surface area contributed by atoms with Crippen LogP contribution in [-0.4, -0.2) is 22.2 Å². The van der Waals surface area contributed by atoms with Crippen LogP contribution in [0, 0.1) is 118 Å². The van der Waals surface area contributed by atoms with Crippen molar-refractivity contribution in [2.75, 3.05) is 0 Å². The van der Waals surface area contributed by atoms with E-state index in [4.69, 9.17) is 10.4 Å². The molecule has 6 heteroatoms. The number of hydrogen-bond donors (Lipinski definition) is 4. The summed E-state index contributed by atoms with van der Waals surface area (Å²) in [6.07, 6.45) is 0. The van der Waals surface area contributed by atoms with Crippen LogP contribution < -0.4 is 11.0 Å². The molecule has 0 aliphatic carbocycles. The molecule has 0 heterocycles. The first-order valence-electron chi connectivity index (χ1n) is 8.56. The molecular weight excluding hydrogens is 428 g/mol. The third kappa shape index (κ3) is 28.2. The Hall–Kier alpha value is -6.06. The monoisotopic (exact) mass is 442 g/mol. The van der Waals surface area contributed by atoms with Crippen molar-refractivity contribution in [1.29, 1.82) is 0 Å². The van der Waals surface area contributed by atoms with Crippen molar-refractivity contribution in [3.8, 4) is 118 Å². The Balaban J connectivity index is 0. The second-order valence-electron chi connectivity index (χ2n) is 4.94. The molecule has 2 amide bonds. The quantitative estimate of drug-likeness (QED) is 0.244. The molecule has 0 aliphatic heterocycles. The van der Waals surface area contributed by atoms with Crippen LogP contribution in [0.2, 0.25) is 0 Å². The first kappa shape index (κ1) is 30.1. The Kier molecular flexibility index (Phi) is 20.6. The fourth-order valence-corrected chi connectivity index (χ4v) is 0.883. The molecule has 4 N–H and O–H groups in total. The molecule has 0 aromatic heterocycles. The Morgan fingerprint density at radius 2 is 0.676 bits per heavy atom. The average molecular weight is 442 g/mol. The standard InChI is InChI=1S/2C14H7NO2/c2*1-13(2)11-9-7-5-3-4-6-8-10-12-14(16)15-17/h2*17H,1H2,2H3,(H,15,16). The van der Waals surface area contributed by atoms with Crippen LogP contribution in [-0.2, 0) is 9.59 Å². The Labute approximate surface area is 199 Å². The maximum absolute atomic E-state index is 10.4. The Morgan fingerprint density at radius 1 is 0.471 bits per heavy atom. The van der Waals surface area contributed by atoms with Crippen LogP contribution in [0.15, 0.2) is 24.3 Å². The van der Waals surface area contributed by atoms with Gasteiger partial charge in [0.1, 0.15) is 0 Å². The summed E-state index contributed by atoms with van der Waals surface area (Å²) < 4.78 is 0. The summed E-state index contributed by atoms with van der Waals surface area (Å²) in [5, 5.41) is 16.2. The van der Waals surface area contributed by atoms with Gasteiger partial charge in [0.05, 0.1) is 0 Å². The van der Waals surface area contributed by atoms with Gasteiger partial charge in [-0.3, -0.25) is 20.0 Å². The van der Waals surface area contributed by atoms with Crippen molar-refractivity contribution in [2.24, 2.45) is 0 Å². The molecule has 0 bridgehead atoms. The highest BCUT2D eigenvalue weighted by Gasteiger charge is 1.85. The molecule has 0 aliphatic rings. The second-order valence-corrected chi connectivity index (χ2v) is 4.94. The minimum atomic E-state index is -0.831. The average Bonchev–Trinajstić information content (AvgIpc) is 2.81. The first-order chi connectivity index (χ1) is 16.3. The van der Waals surface area contributed by atoms with Gasteiger partial charge in [0, 0.05) is 11.8 Å². The van der Waals surface area contributed by atoms with E-state index in [0.29, 0.717) is 0 Å². The van der Waals surface area contributed by atoms with Crippen LogP contribution in [0.25, 0.3) is 0 Å². The summed E-state index contributed by atoms with van der Waals surface area (Å²) in [5.74, 6) is 45.9. The number of carbonyl (C=O) groups is 2. The van der Waals surface area contributed by atoms with Gasteiger partial charge >= 0.3 is 11.8 Å². The van der Waals surface area contributed by atoms with Crippen LogP contribution in [0.3, 0.4) is 0 Å². The maximum Gasteiger partial charge on any atom is 0.320 e.